The summed E-state index contributed by atoms with van der Waals surface area (Å²) in [6.07, 6.45) is 0. The lowest BCUT2D eigenvalue weighted by molar-refractivity contribution is 0.540. The van der Waals surface area contributed by atoms with Crippen molar-refractivity contribution in [1.29, 1.82) is 0 Å². The van der Waals surface area contributed by atoms with E-state index in [4.69, 9.17) is 16.0 Å². The Hall–Kier alpha value is -2.00. The summed E-state index contributed by atoms with van der Waals surface area (Å²) in [5, 5.41) is 3.97. The largest absolute Gasteiger partial charge is 0.439 e. The molecule has 0 spiro atoms. The lowest BCUT2D eigenvalue weighted by Crippen LogP contribution is -1.98. The monoisotopic (exact) mass is 272 g/mol. The van der Waals surface area contributed by atoms with Gasteiger partial charge in [-0.25, -0.2) is 4.98 Å². The Morgan fingerprint density at radius 2 is 1.95 bits per heavy atom. The van der Waals surface area contributed by atoms with E-state index in [1.54, 1.807) is 0 Å². The smallest absolute Gasteiger partial charge is 0.214 e. The van der Waals surface area contributed by atoms with Gasteiger partial charge in [0.25, 0.3) is 0 Å². The highest BCUT2D eigenvalue weighted by molar-refractivity contribution is 6.30. The fourth-order valence-corrected chi connectivity index (χ4v) is 2.03. The Morgan fingerprint density at radius 1 is 1.16 bits per heavy atom. The van der Waals surface area contributed by atoms with E-state index in [9.17, 15) is 0 Å². The van der Waals surface area contributed by atoms with E-state index in [0.717, 1.165) is 21.8 Å². The minimum absolute atomic E-state index is 0.551. The van der Waals surface area contributed by atoms with Crippen molar-refractivity contribution in [3.8, 4) is 0 Å². The third-order valence-corrected chi connectivity index (χ3v) is 3.13. The molecule has 0 amide bonds. The maximum absolute atomic E-state index is 5.84. The van der Waals surface area contributed by atoms with E-state index in [2.05, 4.69) is 10.3 Å². The fourth-order valence-electron chi connectivity index (χ4n) is 1.91. The van der Waals surface area contributed by atoms with Crippen LogP contribution >= 0.6 is 11.6 Å². The molecule has 4 heteroatoms. The molecule has 3 rings (SSSR count). The summed E-state index contributed by atoms with van der Waals surface area (Å²) in [6.45, 7) is 2.59. The topological polar surface area (TPSA) is 38.1 Å². The van der Waals surface area contributed by atoms with Gasteiger partial charge in [0, 0.05) is 10.7 Å². The zero-order valence-corrected chi connectivity index (χ0v) is 11.2. The van der Waals surface area contributed by atoms with Crippen LogP contribution in [0.1, 0.15) is 11.5 Å². The van der Waals surface area contributed by atoms with Crippen LogP contribution in [0, 0.1) is 6.92 Å². The molecule has 0 unspecified atom stereocenters. The van der Waals surface area contributed by atoms with Gasteiger partial charge < -0.3 is 9.73 Å². The Balaban J connectivity index is 1.76. The summed E-state index contributed by atoms with van der Waals surface area (Å²) in [5.41, 5.74) is 3.88. The molecular weight excluding hydrogens is 260 g/mol. The first-order chi connectivity index (χ1) is 9.20. The van der Waals surface area contributed by atoms with Crippen LogP contribution in [0.2, 0.25) is 5.02 Å². The van der Waals surface area contributed by atoms with Gasteiger partial charge in [-0.05, 0) is 48.9 Å². The van der Waals surface area contributed by atoms with Gasteiger partial charge in [0.2, 0.25) is 5.89 Å². The number of rotatable bonds is 3. The van der Waals surface area contributed by atoms with E-state index >= 15 is 0 Å². The van der Waals surface area contributed by atoms with Crippen molar-refractivity contribution in [1.82, 2.24) is 4.98 Å². The summed E-state index contributed by atoms with van der Waals surface area (Å²) in [6, 6.07) is 13.5. The van der Waals surface area contributed by atoms with E-state index < -0.39 is 0 Å². The van der Waals surface area contributed by atoms with Crippen molar-refractivity contribution in [2.45, 2.75) is 13.5 Å². The first-order valence-corrected chi connectivity index (χ1v) is 6.44. The molecule has 3 nitrogen and oxygen atoms in total. The molecular formula is C15H13ClN2O. The Morgan fingerprint density at radius 3 is 2.74 bits per heavy atom. The average molecular weight is 273 g/mol. The van der Waals surface area contributed by atoms with Crippen molar-refractivity contribution in [3.05, 3.63) is 58.9 Å². The van der Waals surface area contributed by atoms with Crippen molar-refractivity contribution >= 4 is 28.4 Å². The minimum atomic E-state index is 0.551. The summed E-state index contributed by atoms with van der Waals surface area (Å²) in [4.78, 5) is 4.45. The van der Waals surface area contributed by atoms with Gasteiger partial charge in [0.05, 0.1) is 6.54 Å². The summed E-state index contributed by atoms with van der Waals surface area (Å²) in [7, 11) is 0. The molecule has 0 aliphatic rings. The highest BCUT2D eigenvalue weighted by Crippen LogP contribution is 2.18. The molecule has 0 atom stereocenters. The second-order valence-electron chi connectivity index (χ2n) is 4.44. The molecule has 0 radical (unpaired) electrons. The van der Waals surface area contributed by atoms with Crippen LogP contribution in [0.25, 0.3) is 11.1 Å². The Kier molecular flexibility index (Phi) is 3.13. The van der Waals surface area contributed by atoms with Crippen LogP contribution in [-0.4, -0.2) is 4.98 Å². The lowest BCUT2D eigenvalue weighted by atomic mass is 10.2. The number of oxazole rings is 1. The lowest BCUT2D eigenvalue weighted by Gasteiger charge is -2.02. The molecule has 0 saturated carbocycles. The number of anilines is 1. The molecule has 19 heavy (non-hydrogen) atoms. The molecule has 0 fully saturated rings. The molecule has 1 heterocycles. The van der Waals surface area contributed by atoms with Crippen LogP contribution < -0.4 is 5.32 Å². The highest BCUT2D eigenvalue weighted by atomic mass is 35.5. The maximum Gasteiger partial charge on any atom is 0.214 e. The second kappa shape index (κ2) is 4.94. The molecule has 0 aliphatic heterocycles. The molecule has 3 aromatic rings. The minimum Gasteiger partial charge on any atom is -0.439 e. The number of aryl methyl sites for hydroxylation is 1. The molecule has 96 valence electrons. The van der Waals surface area contributed by atoms with Crippen molar-refractivity contribution in [3.63, 3.8) is 0 Å². The normalized spacial score (nSPS) is 10.8. The van der Waals surface area contributed by atoms with Gasteiger partial charge in [-0.3, -0.25) is 0 Å². The number of nitrogens with zero attached hydrogens (tertiary/aromatic N) is 1. The number of hydrogen-bond donors (Lipinski definition) is 1. The molecule has 0 saturated heterocycles. The van der Waals surface area contributed by atoms with Gasteiger partial charge in [-0.2, -0.15) is 0 Å². The molecule has 1 aromatic heterocycles. The fraction of sp³-hybridized carbons (Fsp3) is 0.133. The van der Waals surface area contributed by atoms with Gasteiger partial charge >= 0.3 is 0 Å². The first kappa shape index (κ1) is 12.1. The quantitative estimate of drug-likeness (QED) is 0.768. The van der Waals surface area contributed by atoms with E-state index in [-0.39, 0.29) is 0 Å². The van der Waals surface area contributed by atoms with Crippen LogP contribution in [-0.2, 0) is 6.54 Å². The van der Waals surface area contributed by atoms with Crippen LogP contribution in [0.5, 0.6) is 0 Å². The van der Waals surface area contributed by atoms with Crippen LogP contribution in [0.15, 0.2) is 46.9 Å². The predicted molar refractivity (Wildman–Crippen MR) is 77.5 cm³/mol. The van der Waals surface area contributed by atoms with Crippen molar-refractivity contribution in [2.24, 2.45) is 0 Å². The van der Waals surface area contributed by atoms with Crippen molar-refractivity contribution in [2.75, 3.05) is 5.32 Å². The number of benzene rings is 2. The van der Waals surface area contributed by atoms with E-state index in [1.807, 2.05) is 49.4 Å². The highest BCUT2D eigenvalue weighted by Gasteiger charge is 2.05. The SMILES string of the molecule is Cc1ccc2oc(CNc3ccc(Cl)cc3)nc2c1. The number of aromatic nitrogens is 1. The van der Waals surface area contributed by atoms with Crippen LogP contribution in [0.4, 0.5) is 5.69 Å². The standard InChI is InChI=1S/C15H13ClN2O/c1-10-2-7-14-13(8-10)18-15(19-14)9-17-12-5-3-11(16)4-6-12/h2-8,17H,9H2,1H3. The first-order valence-electron chi connectivity index (χ1n) is 6.06. The van der Waals surface area contributed by atoms with Crippen LogP contribution in [0.3, 0.4) is 0 Å². The van der Waals surface area contributed by atoms with Gasteiger partial charge in [0.1, 0.15) is 5.52 Å². The second-order valence-corrected chi connectivity index (χ2v) is 4.88. The zero-order chi connectivity index (χ0) is 13.2. The average Bonchev–Trinajstić information content (AvgIpc) is 2.80. The summed E-state index contributed by atoms with van der Waals surface area (Å²) in [5.74, 6) is 0.676. The van der Waals surface area contributed by atoms with Gasteiger partial charge in [-0.15, -0.1) is 0 Å². The molecule has 2 aromatic carbocycles. The molecule has 1 N–H and O–H groups in total. The predicted octanol–water partition coefficient (Wildman–Crippen LogP) is 4.40. The van der Waals surface area contributed by atoms with Gasteiger partial charge in [-0.1, -0.05) is 17.7 Å². The third-order valence-electron chi connectivity index (χ3n) is 2.88. The number of halogens is 1. The summed E-state index contributed by atoms with van der Waals surface area (Å²) < 4.78 is 5.67. The zero-order valence-electron chi connectivity index (χ0n) is 10.5. The summed E-state index contributed by atoms with van der Waals surface area (Å²) >= 11 is 5.84. The Bertz CT molecular complexity index is 704. The van der Waals surface area contributed by atoms with E-state index in [0.29, 0.717) is 12.4 Å². The van der Waals surface area contributed by atoms with E-state index in [1.165, 1.54) is 5.56 Å². The molecule has 0 aliphatic carbocycles. The number of nitrogens with one attached hydrogen (secondary N) is 1. The molecule has 0 bridgehead atoms. The number of fused-ring (bicyclic) bond motifs is 1. The maximum atomic E-state index is 5.84. The van der Waals surface area contributed by atoms with Gasteiger partial charge in [0.15, 0.2) is 5.58 Å². The third kappa shape index (κ3) is 2.71. The van der Waals surface area contributed by atoms with Crippen molar-refractivity contribution < 1.29 is 4.42 Å². The Labute approximate surface area is 116 Å². The number of hydrogen-bond acceptors (Lipinski definition) is 3.